The lowest BCUT2D eigenvalue weighted by molar-refractivity contribution is -0.137. The molecule has 146 valence electrons. The van der Waals surface area contributed by atoms with E-state index in [2.05, 4.69) is 10.3 Å². The van der Waals surface area contributed by atoms with E-state index in [0.717, 1.165) is 42.5 Å². The van der Waals surface area contributed by atoms with Gasteiger partial charge in [0.2, 0.25) is 0 Å². The highest BCUT2D eigenvalue weighted by Gasteiger charge is 2.58. The highest BCUT2D eigenvalue weighted by Crippen LogP contribution is 2.41. The molecule has 3 fully saturated rings. The number of carbonyl (C=O) groups excluding carboxylic acids is 2. The number of urea groups is 1. The zero-order valence-corrected chi connectivity index (χ0v) is 14.8. The summed E-state index contributed by atoms with van der Waals surface area (Å²) in [5, 5.41) is 3.18. The van der Waals surface area contributed by atoms with Crippen LogP contribution in [0, 0.1) is 5.92 Å². The molecule has 1 aliphatic carbocycles. The molecule has 27 heavy (non-hydrogen) atoms. The molecule has 1 aromatic heterocycles. The zero-order chi connectivity index (χ0) is 19.2. The molecule has 2 saturated heterocycles. The average molecular weight is 382 g/mol. The van der Waals surface area contributed by atoms with Crippen molar-refractivity contribution in [1.29, 1.82) is 0 Å². The van der Waals surface area contributed by atoms with Crippen LogP contribution in [-0.4, -0.2) is 47.0 Å². The summed E-state index contributed by atoms with van der Waals surface area (Å²) in [4.78, 5) is 32.6. The summed E-state index contributed by atoms with van der Waals surface area (Å²) in [6.45, 7) is 1.62. The maximum Gasteiger partial charge on any atom is 0.416 e. The van der Waals surface area contributed by atoms with Crippen LogP contribution < -0.4 is 10.2 Å². The fraction of sp³-hybridized carbons (Fsp3) is 0.611. The number of halogens is 3. The first kappa shape index (κ1) is 18.2. The molecule has 3 heterocycles. The second kappa shape index (κ2) is 6.47. The zero-order valence-electron chi connectivity index (χ0n) is 14.8. The summed E-state index contributed by atoms with van der Waals surface area (Å²) in [6.07, 6.45) is 0.405. The Morgan fingerprint density at radius 1 is 1.22 bits per heavy atom. The fourth-order valence-electron chi connectivity index (χ4n) is 3.99. The van der Waals surface area contributed by atoms with Gasteiger partial charge in [0.05, 0.1) is 5.56 Å². The first-order valence-electron chi connectivity index (χ1n) is 9.23. The number of alkyl halides is 3. The lowest BCUT2D eigenvalue weighted by atomic mass is 9.86. The van der Waals surface area contributed by atoms with Crippen molar-refractivity contribution in [2.45, 2.75) is 43.8 Å². The number of rotatable bonds is 4. The summed E-state index contributed by atoms with van der Waals surface area (Å²) >= 11 is 0. The molecule has 9 heteroatoms. The van der Waals surface area contributed by atoms with Crippen molar-refractivity contribution < 1.29 is 22.8 Å². The van der Waals surface area contributed by atoms with Crippen molar-refractivity contribution in [1.82, 2.24) is 15.2 Å². The van der Waals surface area contributed by atoms with E-state index < -0.39 is 29.2 Å². The van der Waals surface area contributed by atoms with Gasteiger partial charge < -0.3 is 10.2 Å². The molecule has 2 aliphatic heterocycles. The summed E-state index contributed by atoms with van der Waals surface area (Å²) in [7, 11) is 0. The minimum Gasteiger partial charge on any atom is -0.317 e. The van der Waals surface area contributed by atoms with Gasteiger partial charge in [0.1, 0.15) is 11.4 Å². The maximum absolute atomic E-state index is 13.2. The van der Waals surface area contributed by atoms with E-state index in [0.29, 0.717) is 38.4 Å². The number of imide groups is 1. The molecule has 0 radical (unpaired) electrons. The van der Waals surface area contributed by atoms with Crippen LogP contribution in [-0.2, 0) is 11.0 Å². The minimum absolute atomic E-state index is 0.258. The number of nitrogens with zero attached hydrogens (tertiary/aromatic N) is 3. The quantitative estimate of drug-likeness (QED) is 0.814. The molecule has 3 aliphatic rings. The number of aromatic nitrogens is 1. The summed E-state index contributed by atoms with van der Waals surface area (Å²) < 4.78 is 39.2. The van der Waals surface area contributed by atoms with E-state index in [-0.39, 0.29) is 5.82 Å². The van der Waals surface area contributed by atoms with Crippen molar-refractivity contribution in [2.75, 3.05) is 24.5 Å². The lowest BCUT2D eigenvalue weighted by Gasteiger charge is -2.38. The number of piperidine rings is 1. The van der Waals surface area contributed by atoms with Crippen LogP contribution in [0.2, 0.25) is 0 Å². The van der Waals surface area contributed by atoms with E-state index >= 15 is 0 Å². The van der Waals surface area contributed by atoms with Crippen molar-refractivity contribution in [3.8, 4) is 0 Å². The normalized spacial score (nSPS) is 22.8. The van der Waals surface area contributed by atoms with E-state index in [9.17, 15) is 22.8 Å². The van der Waals surface area contributed by atoms with Gasteiger partial charge in [0, 0.05) is 12.7 Å². The second-order valence-electron chi connectivity index (χ2n) is 7.49. The van der Waals surface area contributed by atoms with Gasteiger partial charge in [0.15, 0.2) is 0 Å². The lowest BCUT2D eigenvalue weighted by Crippen LogP contribution is -2.56. The standard InChI is InChI=1S/C18H21F3N4O2/c19-18(20,21)13-3-7-23-14(11-13)25-15(26)17(5-8-22-9-6-17)24(16(25)27)10-4-12-1-2-12/h3,7,11-12,22H,1-2,4-6,8-10H2. The molecule has 1 aromatic rings. The Morgan fingerprint density at radius 3 is 2.56 bits per heavy atom. The smallest absolute Gasteiger partial charge is 0.317 e. The van der Waals surface area contributed by atoms with E-state index in [1.54, 1.807) is 4.90 Å². The van der Waals surface area contributed by atoms with Gasteiger partial charge in [-0.25, -0.2) is 14.7 Å². The number of anilines is 1. The molecular weight excluding hydrogens is 361 g/mol. The fourth-order valence-corrected chi connectivity index (χ4v) is 3.99. The Labute approximate surface area is 154 Å². The van der Waals surface area contributed by atoms with Gasteiger partial charge >= 0.3 is 12.2 Å². The number of carbonyl (C=O) groups is 2. The van der Waals surface area contributed by atoms with E-state index in [1.807, 2.05) is 0 Å². The molecule has 0 atom stereocenters. The third-order valence-electron chi connectivity index (χ3n) is 5.73. The molecule has 4 rings (SSSR count). The van der Waals surface area contributed by atoms with Crippen molar-refractivity contribution in [2.24, 2.45) is 5.92 Å². The van der Waals surface area contributed by atoms with Crippen LogP contribution >= 0.6 is 0 Å². The molecule has 1 spiro atoms. The molecule has 3 amide bonds. The number of hydrogen-bond acceptors (Lipinski definition) is 4. The van der Waals surface area contributed by atoms with Gasteiger partial charge in [0.25, 0.3) is 5.91 Å². The van der Waals surface area contributed by atoms with Gasteiger partial charge in [-0.15, -0.1) is 0 Å². The predicted molar refractivity (Wildman–Crippen MR) is 91.0 cm³/mol. The average Bonchev–Trinajstić information content (AvgIpc) is 3.44. The molecular formula is C18H21F3N4O2. The molecule has 6 nitrogen and oxygen atoms in total. The van der Waals surface area contributed by atoms with E-state index in [1.165, 1.54) is 0 Å². The third-order valence-corrected chi connectivity index (χ3v) is 5.73. The van der Waals surface area contributed by atoms with Gasteiger partial charge in [-0.2, -0.15) is 13.2 Å². The molecule has 0 unspecified atom stereocenters. The summed E-state index contributed by atoms with van der Waals surface area (Å²) in [5.74, 6) is -0.143. The minimum atomic E-state index is -4.57. The van der Waals surface area contributed by atoms with Crippen molar-refractivity contribution in [3.05, 3.63) is 23.9 Å². The highest BCUT2D eigenvalue weighted by molar-refractivity contribution is 6.22. The summed E-state index contributed by atoms with van der Waals surface area (Å²) in [5.41, 5.74) is -1.91. The first-order chi connectivity index (χ1) is 12.8. The topological polar surface area (TPSA) is 65.5 Å². The molecule has 0 aromatic carbocycles. The van der Waals surface area contributed by atoms with Crippen LogP contribution in [0.25, 0.3) is 0 Å². The highest BCUT2D eigenvalue weighted by atomic mass is 19.4. The van der Waals surface area contributed by atoms with Crippen LogP contribution in [0.3, 0.4) is 0 Å². The Balaban J connectivity index is 1.68. The predicted octanol–water partition coefficient (Wildman–Crippen LogP) is 2.79. The Morgan fingerprint density at radius 2 is 1.93 bits per heavy atom. The molecule has 1 N–H and O–H groups in total. The Bertz CT molecular complexity index is 757. The van der Waals surface area contributed by atoms with Crippen molar-refractivity contribution in [3.63, 3.8) is 0 Å². The van der Waals surface area contributed by atoms with Crippen LogP contribution in [0.5, 0.6) is 0 Å². The van der Waals surface area contributed by atoms with Crippen LogP contribution in [0.1, 0.15) is 37.7 Å². The van der Waals surface area contributed by atoms with Crippen LogP contribution in [0.4, 0.5) is 23.8 Å². The largest absolute Gasteiger partial charge is 0.416 e. The number of nitrogens with one attached hydrogen (secondary N) is 1. The first-order valence-corrected chi connectivity index (χ1v) is 9.23. The Hall–Kier alpha value is -2.16. The number of pyridine rings is 1. The summed E-state index contributed by atoms with van der Waals surface area (Å²) in [6, 6.07) is 1.05. The second-order valence-corrected chi connectivity index (χ2v) is 7.49. The Kier molecular flexibility index (Phi) is 4.37. The van der Waals surface area contributed by atoms with Crippen LogP contribution in [0.15, 0.2) is 18.3 Å². The van der Waals surface area contributed by atoms with E-state index in [4.69, 9.17) is 0 Å². The monoisotopic (exact) mass is 382 g/mol. The number of hydrogen-bond donors (Lipinski definition) is 1. The molecule has 1 saturated carbocycles. The van der Waals surface area contributed by atoms with Gasteiger partial charge in [-0.05, 0) is 50.4 Å². The van der Waals surface area contributed by atoms with Gasteiger partial charge in [-0.3, -0.25) is 4.79 Å². The SMILES string of the molecule is O=C1N(c2cc(C(F)(F)F)ccn2)C(=O)C2(CCNCC2)N1CCC1CC1. The van der Waals surface area contributed by atoms with Gasteiger partial charge in [-0.1, -0.05) is 12.8 Å². The third kappa shape index (κ3) is 3.18. The maximum atomic E-state index is 13.2. The van der Waals surface area contributed by atoms with Crippen molar-refractivity contribution >= 4 is 17.8 Å². The molecule has 0 bridgehead atoms. The number of amides is 3.